The molecular weight excluding hydrogens is 302 g/mol. The first kappa shape index (κ1) is 16.8. The van der Waals surface area contributed by atoms with Crippen molar-refractivity contribution >= 4 is 17.7 Å². The minimum Gasteiger partial charge on any atom is -0.352 e. The molecule has 122 valence electrons. The van der Waals surface area contributed by atoms with Crippen molar-refractivity contribution in [3.8, 4) is 0 Å². The van der Waals surface area contributed by atoms with E-state index in [1.54, 1.807) is 6.92 Å². The number of nitrogens with zero attached hydrogens (tertiary/aromatic N) is 3. The molecule has 1 aliphatic rings. The Labute approximate surface area is 134 Å². The summed E-state index contributed by atoms with van der Waals surface area (Å²) in [5.74, 6) is 6.86. The highest BCUT2D eigenvalue weighted by atomic mass is 32.2. The molecule has 1 saturated carbocycles. The third-order valence-corrected chi connectivity index (χ3v) is 5.35. The van der Waals surface area contributed by atoms with Crippen LogP contribution in [0.1, 0.15) is 38.8 Å². The largest absolute Gasteiger partial charge is 0.352 e. The quantitative estimate of drug-likeness (QED) is 0.624. The number of thioether (sulfide) groups is 1. The van der Waals surface area contributed by atoms with Crippen LogP contribution in [0.4, 0.5) is 0 Å². The first-order chi connectivity index (χ1) is 10.4. The number of nitrogens with two attached hydrogens (primary N) is 1. The molecule has 1 aromatic heterocycles. The predicted octanol–water partition coefficient (Wildman–Crippen LogP) is 0.694. The van der Waals surface area contributed by atoms with Gasteiger partial charge in [-0.05, 0) is 25.2 Å². The first-order valence-corrected chi connectivity index (χ1v) is 8.52. The number of hydrogen-bond donors (Lipinski definition) is 2. The molecule has 3 atom stereocenters. The highest BCUT2D eigenvalue weighted by Crippen LogP contribution is 2.29. The molecule has 1 heterocycles. The van der Waals surface area contributed by atoms with Gasteiger partial charge in [-0.25, -0.2) is 0 Å². The third kappa shape index (κ3) is 3.79. The molecule has 0 radical (unpaired) electrons. The minimum absolute atomic E-state index is 0.0641. The average molecular weight is 325 g/mol. The van der Waals surface area contributed by atoms with E-state index in [1.807, 2.05) is 0 Å². The molecule has 1 amide bonds. The van der Waals surface area contributed by atoms with E-state index >= 15 is 0 Å². The van der Waals surface area contributed by atoms with Crippen LogP contribution in [0, 0.1) is 18.8 Å². The molecule has 8 heteroatoms. The minimum atomic E-state index is -0.396. The van der Waals surface area contributed by atoms with Crippen molar-refractivity contribution in [2.24, 2.45) is 11.8 Å². The lowest BCUT2D eigenvalue weighted by Crippen LogP contribution is -2.44. The molecule has 0 aromatic carbocycles. The summed E-state index contributed by atoms with van der Waals surface area (Å²) >= 11 is 1.12. The molecule has 1 aromatic rings. The van der Waals surface area contributed by atoms with Gasteiger partial charge in [0.05, 0.1) is 5.75 Å². The summed E-state index contributed by atoms with van der Waals surface area (Å²) in [7, 11) is 0. The van der Waals surface area contributed by atoms with Crippen LogP contribution in [0.3, 0.4) is 0 Å². The normalized spacial score (nSPS) is 25.0. The molecule has 1 aliphatic carbocycles. The van der Waals surface area contributed by atoms with Crippen molar-refractivity contribution in [3.05, 3.63) is 16.0 Å². The average Bonchev–Trinajstić information content (AvgIpc) is 2.49. The van der Waals surface area contributed by atoms with Gasteiger partial charge in [-0.15, -0.1) is 10.2 Å². The fourth-order valence-electron chi connectivity index (χ4n) is 2.73. The number of carbonyl (C=O) groups excluding carboxylic acids is 1. The highest BCUT2D eigenvalue weighted by Gasteiger charge is 2.28. The number of aryl methyl sites for hydroxylation is 1. The van der Waals surface area contributed by atoms with Crippen LogP contribution in [0.2, 0.25) is 0 Å². The third-order valence-electron chi connectivity index (χ3n) is 4.41. The van der Waals surface area contributed by atoms with Gasteiger partial charge in [-0.1, -0.05) is 38.5 Å². The maximum Gasteiger partial charge on any atom is 0.294 e. The molecular formula is C14H23N5O2S. The molecule has 0 bridgehead atoms. The zero-order chi connectivity index (χ0) is 16.3. The van der Waals surface area contributed by atoms with Crippen molar-refractivity contribution < 1.29 is 4.79 Å². The lowest BCUT2D eigenvalue weighted by atomic mass is 9.78. The van der Waals surface area contributed by atoms with Crippen molar-refractivity contribution in [1.29, 1.82) is 0 Å². The van der Waals surface area contributed by atoms with E-state index < -0.39 is 5.56 Å². The van der Waals surface area contributed by atoms with E-state index in [1.165, 1.54) is 6.42 Å². The Hall–Kier alpha value is -1.57. The van der Waals surface area contributed by atoms with Crippen molar-refractivity contribution in [2.75, 3.05) is 11.6 Å². The van der Waals surface area contributed by atoms with Crippen LogP contribution in [-0.4, -0.2) is 32.6 Å². The Morgan fingerprint density at radius 3 is 2.86 bits per heavy atom. The fraction of sp³-hybridized carbons (Fsp3) is 0.714. The van der Waals surface area contributed by atoms with Gasteiger partial charge >= 0.3 is 0 Å². The lowest BCUT2D eigenvalue weighted by molar-refractivity contribution is -0.120. The summed E-state index contributed by atoms with van der Waals surface area (Å²) in [6.45, 7) is 5.96. The Kier molecular flexibility index (Phi) is 5.44. The Morgan fingerprint density at radius 2 is 2.14 bits per heavy atom. The summed E-state index contributed by atoms with van der Waals surface area (Å²) in [5, 5.41) is 10.9. The number of carbonyl (C=O) groups is 1. The van der Waals surface area contributed by atoms with Crippen LogP contribution in [-0.2, 0) is 4.79 Å². The summed E-state index contributed by atoms with van der Waals surface area (Å²) in [6.07, 6.45) is 3.39. The smallest absolute Gasteiger partial charge is 0.294 e. The number of nitrogens with one attached hydrogen (secondary N) is 1. The topological polar surface area (TPSA) is 103 Å². The van der Waals surface area contributed by atoms with Gasteiger partial charge < -0.3 is 11.2 Å². The molecule has 2 rings (SSSR count). The standard InChI is InChI=1S/C14H23N5O2S/c1-8-5-4-6-11(9(8)2)16-12(20)7-22-14-18-17-10(3)13(21)19(14)15/h8-9,11H,4-7,15H2,1-3H3,(H,16,20)/t8-,9+,11-/m1/s1. The first-order valence-electron chi connectivity index (χ1n) is 7.53. The summed E-state index contributed by atoms with van der Waals surface area (Å²) in [5.41, 5.74) is -0.158. The molecule has 0 saturated heterocycles. The second-order valence-corrected chi connectivity index (χ2v) is 6.92. The molecule has 7 nitrogen and oxygen atoms in total. The molecule has 0 spiro atoms. The molecule has 3 N–H and O–H groups in total. The van der Waals surface area contributed by atoms with E-state index in [4.69, 9.17) is 5.84 Å². The number of amides is 1. The van der Waals surface area contributed by atoms with Crippen LogP contribution < -0.4 is 16.7 Å². The van der Waals surface area contributed by atoms with E-state index in [2.05, 4.69) is 29.4 Å². The number of rotatable bonds is 4. The summed E-state index contributed by atoms with van der Waals surface area (Å²) in [6, 6.07) is 0.223. The van der Waals surface area contributed by atoms with E-state index in [-0.39, 0.29) is 28.6 Å². The summed E-state index contributed by atoms with van der Waals surface area (Å²) < 4.78 is 0.936. The Balaban J connectivity index is 1.91. The SMILES string of the molecule is Cc1nnc(SCC(=O)N[C@@H]2CCC[C@@H](C)[C@@H]2C)n(N)c1=O. The monoisotopic (exact) mass is 325 g/mol. The van der Waals surface area contributed by atoms with Crippen LogP contribution in [0.15, 0.2) is 9.95 Å². The van der Waals surface area contributed by atoms with Gasteiger partial charge in [-0.2, -0.15) is 4.68 Å². The predicted molar refractivity (Wildman–Crippen MR) is 86.0 cm³/mol. The maximum absolute atomic E-state index is 12.1. The van der Waals surface area contributed by atoms with Gasteiger partial charge in [-0.3, -0.25) is 9.59 Å². The van der Waals surface area contributed by atoms with Gasteiger partial charge in [0.1, 0.15) is 5.69 Å². The van der Waals surface area contributed by atoms with Crippen LogP contribution in [0.5, 0.6) is 0 Å². The number of aromatic nitrogens is 3. The van der Waals surface area contributed by atoms with Gasteiger partial charge in [0, 0.05) is 6.04 Å². The zero-order valence-electron chi connectivity index (χ0n) is 13.2. The van der Waals surface area contributed by atoms with Gasteiger partial charge in [0.2, 0.25) is 11.1 Å². The molecule has 1 fully saturated rings. The van der Waals surface area contributed by atoms with E-state index in [0.717, 1.165) is 29.3 Å². The van der Waals surface area contributed by atoms with Gasteiger partial charge in [0.15, 0.2) is 0 Å². The van der Waals surface area contributed by atoms with E-state index in [0.29, 0.717) is 11.8 Å². The lowest BCUT2D eigenvalue weighted by Gasteiger charge is -2.34. The molecule has 0 unspecified atom stereocenters. The molecule has 0 aliphatic heterocycles. The number of nitrogen functional groups attached to an aromatic ring is 1. The van der Waals surface area contributed by atoms with E-state index in [9.17, 15) is 9.59 Å². The van der Waals surface area contributed by atoms with Crippen LogP contribution >= 0.6 is 11.8 Å². The second kappa shape index (κ2) is 7.13. The summed E-state index contributed by atoms with van der Waals surface area (Å²) in [4.78, 5) is 23.7. The maximum atomic E-state index is 12.1. The Bertz CT molecular complexity index is 603. The fourth-order valence-corrected chi connectivity index (χ4v) is 3.40. The van der Waals surface area contributed by atoms with Crippen molar-refractivity contribution in [2.45, 2.75) is 51.2 Å². The van der Waals surface area contributed by atoms with Crippen molar-refractivity contribution in [1.82, 2.24) is 20.2 Å². The van der Waals surface area contributed by atoms with Crippen LogP contribution in [0.25, 0.3) is 0 Å². The second-order valence-electron chi connectivity index (χ2n) is 5.97. The van der Waals surface area contributed by atoms with Crippen molar-refractivity contribution in [3.63, 3.8) is 0 Å². The highest BCUT2D eigenvalue weighted by molar-refractivity contribution is 7.99. The van der Waals surface area contributed by atoms with Gasteiger partial charge in [0.25, 0.3) is 5.56 Å². The zero-order valence-corrected chi connectivity index (χ0v) is 14.0. The Morgan fingerprint density at radius 1 is 1.41 bits per heavy atom. The molecule has 22 heavy (non-hydrogen) atoms. The number of hydrogen-bond acceptors (Lipinski definition) is 6.